The van der Waals surface area contributed by atoms with Crippen LogP contribution in [0.2, 0.25) is 0 Å². The fourth-order valence-electron chi connectivity index (χ4n) is 2.28. The van der Waals surface area contributed by atoms with E-state index in [1.165, 1.54) is 17.0 Å². The molecule has 128 valence electrons. The Bertz CT molecular complexity index is 833. The van der Waals surface area contributed by atoms with Crippen LogP contribution in [0.25, 0.3) is 6.08 Å². The molecule has 3 rings (SSSR count). The van der Waals surface area contributed by atoms with Crippen LogP contribution in [0.15, 0.2) is 60.3 Å². The molecule has 0 spiro atoms. The topological polar surface area (TPSA) is 41.6 Å². The predicted molar refractivity (Wildman–Crippen MR) is 90.8 cm³/mol. The Labute approximate surface area is 146 Å². The van der Waals surface area contributed by atoms with Gasteiger partial charge in [-0.2, -0.15) is 0 Å². The fraction of sp³-hybridized carbons (Fsp3) is 0.0588. The average Bonchev–Trinajstić information content (AvgIpc) is 2.82. The minimum absolute atomic E-state index is 0.150. The fourth-order valence-corrected chi connectivity index (χ4v) is 2.58. The zero-order valence-electron chi connectivity index (χ0n) is 12.6. The summed E-state index contributed by atoms with van der Waals surface area (Å²) < 4.78 is 40.4. The highest BCUT2D eigenvalue weighted by Gasteiger charge is 2.33. The van der Waals surface area contributed by atoms with E-state index in [-0.39, 0.29) is 16.6 Å². The molecule has 1 heterocycles. The Morgan fingerprint density at radius 3 is 2.28 bits per heavy atom. The average molecular weight is 364 g/mol. The second kappa shape index (κ2) is 6.56. The number of amides is 1. The number of nitrogens with one attached hydrogen (secondary N) is 1. The first-order valence-corrected chi connectivity index (χ1v) is 7.52. The van der Waals surface area contributed by atoms with Crippen LogP contribution in [0, 0.1) is 0 Å². The van der Waals surface area contributed by atoms with E-state index < -0.39 is 12.3 Å². The van der Waals surface area contributed by atoms with Crippen molar-refractivity contribution >= 4 is 35.0 Å². The first-order chi connectivity index (χ1) is 11.8. The number of alkyl halides is 3. The van der Waals surface area contributed by atoms with Crippen LogP contribution in [-0.2, 0) is 4.79 Å². The number of hydrogen-bond acceptors (Lipinski definition) is 3. The Morgan fingerprint density at radius 2 is 1.68 bits per heavy atom. The van der Waals surface area contributed by atoms with Gasteiger partial charge in [0.2, 0.25) is 0 Å². The summed E-state index contributed by atoms with van der Waals surface area (Å²) in [6.45, 7) is 0. The lowest BCUT2D eigenvalue weighted by Gasteiger charge is -2.15. The van der Waals surface area contributed by atoms with E-state index >= 15 is 0 Å². The quantitative estimate of drug-likeness (QED) is 0.664. The molecular formula is C17H11F3N2O2S. The number of carbonyl (C=O) groups excluding carboxylic acids is 1. The number of anilines is 1. The number of hydrogen-bond donors (Lipinski definition) is 1. The maximum atomic E-state index is 12.5. The van der Waals surface area contributed by atoms with E-state index in [2.05, 4.69) is 10.1 Å². The van der Waals surface area contributed by atoms with Crippen molar-refractivity contribution in [2.24, 2.45) is 0 Å². The molecular weight excluding hydrogens is 353 g/mol. The molecule has 1 amide bonds. The first kappa shape index (κ1) is 17.0. The number of thiocarbonyl (C=S) groups is 1. The zero-order chi connectivity index (χ0) is 18.0. The minimum Gasteiger partial charge on any atom is -0.406 e. The van der Waals surface area contributed by atoms with Gasteiger partial charge in [-0.25, -0.2) is 0 Å². The molecule has 0 aromatic heterocycles. The van der Waals surface area contributed by atoms with Gasteiger partial charge >= 0.3 is 6.36 Å². The summed E-state index contributed by atoms with van der Waals surface area (Å²) >= 11 is 5.16. The molecule has 0 radical (unpaired) electrons. The van der Waals surface area contributed by atoms with Crippen molar-refractivity contribution in [1.82, 2.24) is 5.32 Å². The van der Waals surface area contributed by atoms with E-state index in [0.29, 0.717) is 5.69 Å². The van der Waals surface area contributed by atoms with Gasteiger partial charge in [0, 0.05) is 0 Å². The molecule has 1 aliphatic heterocycles. The number of benzene rings is 2. The van der Waals surface area contributed by atoms with E-state index in [1.807, 2.05) is 30.3 Å². The van der Waals surface area contributed by atoms with Crippen molar-refractivity contribution < 1.29 is 22.7 Å². The smallest absolute Gasteiger partial charge is 0.406 e. The number of nitrogens with zero attached hydrogens (tertiary/aromatic N) is 1. The molecule has 25 heavy (non-hydrogen) atoms. The molecule has 1 N–H and O–H groups in total. The van der Waals surface area contributed by atoms with Crippen molar-refractivity contribution in [2.45, 2.75) is 6.36 Å². The monoisotopic (exact) mass is 364 g/mol. The number of rotatable bonds is 3. The van der Waals surface area contributed by atoms with Gasteiger partial charge in [-0.05, 0) is 48.1 Å². The Morgan fingerprint density at radius 1 is 1.04 bits per heavy atom. The van der Waals surface area contributed by atoms with Gasteiger partial charge in [0.1, 0.15) is 11.4 Å². The molecule has 0 atom stereocenters. The summed E-state index contributed by atoms with van der Waals surface area (Å²) in [4.78, 5) is 13.7. The standard InChI is InChI=1S/C17H11F3N2O2S/c18-17(19,20)24-13-8-6-12(7-9-13)22-15(23)14(21-16(22)25)10-11-4-2-1-3-5-11/h1-10H,(H,21,25)/b14-10+. The van der Waals surface area contributed by atoms with Crippen molar-refractivity contribution in [1.29, 1.82) is 0 Å². The summed E-state index contributed by atoms with van der Waals surface area (Å²) in [5.41, 5.74) is 1.44. The van der Waals surface area contributed by atoms with Crippen LogP contribution < -0.4 is 15.0 Å². The second-order valence-corrected chi connectivity index (χ2v) is 5.47. The minimum atomic E-state index is -4.77. The molecule has 1 aliphatic rings. The molecule has 4 nitrogen and oxygen atoms in total. The van der Waals surface area contributed by atoms with Gasteiger partial charge in [-0.15, -0.1) is 13.2 Å². The van der Waals surface area contributed by atoms with E-state index in [0.717, 1.165) is 17.7 Å². The van der Waals surface area contributed by atoms with E-state index in [9.17, 15) is 18.0 Å². The summed E-state index contributed by atoms with van der Waals surface area (Å²) in [5.74, 6) is -0.764. The van der Waals surface area contributed by atoms with Crippen LogP contribution in [-0.4, -0.2) is 17.4 Å². The van der Waals surface area contributed by atoms with Crippen molar-refractivity contribution in [3.8, 4) is 5.75 Å². The SMILES string of the molecule is O=C1/C(=C\c2ccccc2)NC(=S)N1c1ccc(OC(F)(F)F)cc1. The molecule has 2 aromatic rings. The highest BCUT2D eigenvalue weighted by atomic mass is 32.1. The van der Waals surface area contributed by atoms with Crippen LogP contribution in [0.4, 0.5) is 18.9 Å². The lowest BCUT2D eigenvalue weighted by atomic mass is 10.2. The molecule has 0 unspecified atom stereocenters. The number of ether oxygens (including phenoxy) is 1. The third kappa shape index (κ3) is 3.97. The molecule has 1 saturated heterocycles. The third-order valence-electron chi connectivity index (χ3n) is 3.32. The Balaban J connectivity index is 1.82. The highest BCUT2D eigenvalue weighted by Crippen LogP contribution is 2.27. The number of halogens is 3. The Hall–Kier alpha value is -2.87. The maximum Gasteiger partial charge on any atom is 0.573 e. The van der Waals surface area contributed by atoms with Crippen LogP contribution >= 0.6 is 12.2 Å². The lowest BCUT2D eigenvalue weighted by molar-refractivity contribution is -0.274. The number of carbonyl (C=O) groups is 1. The van der Waals surface area contributed by atoms with Crippen LogP contribution in [0.5, 0.6) is 5.75 Å². The van der Waals surface area contributed by atoms with Gasteiger partial charge in [0.15, 0.2) is 5.11 Å². The summed E-state index contributed by atoms with van der Waals surface area (Å²) in [6, 6.07) is 14.1. The van der Waals surface area contributed by atoms with E-state index in [4.69, 9.17) is 12.2 Å². The summed E-state index contributed by atoms with van der Waals surface area (Å²) in [5, 5.41) is 2.96. The van der Waals surface area contributed by atoms with Crippen molar-refractivity contribution in [2.75, 3.05) is 4.90 Å². The van der Waals surface area contributed by atoms with Gasteiger partial charge in [0.25, 0.3) is 5.91 Å². The van der Waals surface area contributed by atoms with Gasteiger partial charge in [0.05, 0.1) is 5.69 Å². The molecule has 8 heteroatoms. The lowest BCUT2D eigenvalue weighted by Crippen LogP contribution is -2.30. The molecule has 1 fully saturated rings. The zero-order valence-corrected chi connectivity index (χ0v) is 13.4. The predicted octanol–water partition coefficient (Wildman–Crippen LogP) is 3.85. The Kier molecular flexibility index (Phi) is 4.45. The largest absolute Gasteiger partial charge is 0.573 e. The molecule has 0 saturated carbocycles. The highest BCUT2D eigenvalue weighted by molar-refractivity contribution is 7.80. The van der Waals surface area contributed by atoms with Crippen molar-refractivity contribution in [3.05, 3.63) is 65.9 Å². The maximum absolute atomic E-state index is 12.5. The van der Waals surface area contributed by atoms with Crippen molar-refractivity contribution in [3.63, 3.8) is 0 Å². The third-order valence-corrected chi connectivity index (χ3v) is 3.60. The normalized spacial score (nSPS) is 16.3. The molecule has 2 aromatic carbocycles. The summed E-state index contributed by atoms with van der Waals surface area (Å²) in [6.07, 6.45) is -3.12. The van der Waals surface area contributed by atoms with Crippen LogP contribution in [0.3, 0.4) is 0 Å². The second-order valence-electron chi connectivity index (χ2n) is 5.08. The molecule has 0 aliphatic carbocycles. The van der Waals surface area contributed by atoms with Gasteiger partial charge in [-0.1, -0.05) is 30.3 Å². The van der Waals surface area contributed by atoms with Gasteiger partial charge in [-0.3, -0.25) is 9.69 Å². The van der Waals surface area contributed by atoms with Gasteiger partial charge < -0.3 is 10.1 Å². The van der Waals surface area contributed by atoms with E-state index in [1.54, 1.807) is 6.08 Å². The van der Waals surface area contributed by atoms with Crippen LogP contribution in [0.1, 0.15) is 5.56 Å². The first-order valence-electron chi connectivity index (χ1n) is 7.11. The molecule has 0 bridgehead atoms. The summed E-state index contributed by atoms with van der Waals surface area (Å²) in [7, 11) is 0.